The van der Waals surface area contributed by atoms with Gasteiger partial charge >= 0.3 is 12.1 Å². The Kier molecular flexibility index (Phi) is 3.80. The van der Waals surface area contributed by atoms with E-state index in [2.05, 4.69) is 4.74 Å². The first-order valence-corrected chi connectivity index (χ1v) is 4.64. The number of nitrogens with two attached hydrogens (primary N) is 1. The monoisotopic (exact) mass is 273 g/mol. The molecule has 2 nitrogen and oxygen atoms in total. The third-order valence-electron chi connectivity index (χ3n) is 2.30. The first kappa shape index (κ1) is 14.6. The van der Waals surface area contributed by atoms with Crippen molar-refractivity contribution in [1.82, 2.24) is 0 Å². The molecule has 0 saturated carbocycles. The van der Waals surface area contributed by atoms with E-state index in [1.807, 2.05) is 0 Å². The van der Waals surface area contributed by atoms with Gasteiger partial charge in [-0.3, -0.25) is 0 Å². The molecule has 0 aliphatic heterocycles. The average Bonchev–Trinajstić information content (AvgIpc) is 2.26. The molecule has 0 aliphatic carbocycles. The molecule has 0 saturated heterocycles. The van der Waals surface area contributed by atoms with Crippen LogP contribution in [0, 0.1) is 5.82 Å². The van der Waals surface area contributed by atoms with Gasteiger partial charge < -0.3 is 10.5 Å². The molecule has 1 aromatic rings. The Morgan fingerprint density at radius 2 is 1.72 bits per heavy atom. The van der Waals surface area contributed by atoms with Crippen LogP contribution in [0.25, 0.3) is 0 Å². The quantitative estimate of drug-likeness (QED) is 0.859. The molecule has 1 atom stereocenters. The molecule has 0 aliphatic rings. The Labute approximate surface area is 98.3 Å². The highest BCUT2D eigenvalue weighted by Crippen LogP contribution is 2.43. The molecule has 1 rings (SSSR count). The van der Waals surface area contributed by atoms with Crippen LogP contribution in [0.3, 0.4) is 0 Å². The minimum Gasteiger partial charge on any atom is -0.494 e. The smallest absolute Gasteiger partial charge is 0.455 e. The predicted molar refractivity (Wildman–Crippen MR) is 50.9 cm³/mol. The maximum atomic E-state index is 13.2. The van der Waals surface area contributed by atoms with Crippen molar-refractivity contribution < 1.29 is 31.1 Å². The highest BCUT2D eigenvalue weighted by atomic mass is 19.4. The predicted octanol–water partition coefficient (Wildman–Crippen LogP) is 3.03. The van der Waals surface area contributed by atoms with Gasteiger partial charge in [-0.15, -0.1) is 0 Å². The fraction of sp³-hybridized carbons (Fsp3) is 0.400. The van der Waals surface area contributed by atoms with E-state index in [0.29, 0.717) is 6.07 Å². The molecule has 0 heterocycles. The SMILES string of the molecule is COc1ccc(C(N)C(F)(F)C(F)(F)F)cc1F. The van der Waals surface area contributed by atoms with Gasteiger partial charge in [0, 0.05) is 0 Å². The summed E-state index contributed by atoms with van der Waals surface area (Å²) in [4.78, 5) is 0. The second-order valence-corrected chi connectivity index (χ2v) is 3.49. The molecule has 0 aromatic heterocycles. The summed E-state index contributed by atoms with van der Waals surface area (Å²) in [5, 5.41) is 0. The fourth-order valence-electron chi connectivity index (χ4n) is 1.26. The van der Waals surface area contributed by atoms with Crippen LogP contribution >= 0.6 is 0 Å². The summed E-state index contributed by atoms with van der Waals surface area (Å²) in [7, 11) is 1.13. The third kappa shape index (κ3) is 2.53. The summed E-state index contributed by atoms with van der Waals surface area (Å²) in [5.74, 6) is -6.49. The lowest BCUT2D eigenvalue weighted by Crippen LogP contribution is -2.45. The van der Waals surface area contributed by atoms with E-state index in [1.54, 1.807) is 0 Å². The zero-order valence-corrected chi connectivity index (χ0v) is 9.06. The molecular weight excluding hydrogens is 264 g/mol. The Balaban J connectivity index is 3.12. The van der Waals surface area contributed by atoms with E-state index in [-0.39, 0.29) is 5.75 Å². The molecule has 0 radical (unpaired) electrons. The zero-order chi connectivity index (χ0) is 14.1. The Morgan fingerprint density at radius 3 is 2.11 bits per heavy atom. The van der Waals surface area contributed by atoms with Gasteiger partial charge in [0.15, 0.2) is 11.6 Å². The summed E-state index contributed by atoms with van der Waals surface area (Å²) in [6.45, 7) is 0. The van der Waals surface area contributed by atoms with Crippen LogP contribution in [0.15, 0.2) is 18.2 Å². The highest BCUT2D eigenvalue weighted by Gasteiger charge is 2.61. The second kappa shape index (κ2) is 4.68. The Hall–Kier alpha value is -1.44. The van der Waals surface area contributed by atoms with Crippen molar-refractivity contribution >= 4 is 0 Å². The average molecular weight is 273 g/mol. The van der Waals surface area contributed by atoms with Crippen molar-refractivity contribution in [3.8, 4) is 5.75 Å². The van der Waals surface area contributed by atoms with Crippen LogP contribution in [-0.4, -0.2) is 19.2 Å². The fourth-order valence-corrected chi connectivity index (χ4v) is 1.26. The van der Waals surface area contributed by atoms with Gasteiger partial charge in [-0.25, -0.2) is 4.39 Å². The van der Waals surface area contributed by atoms with Crippen molar-refractivity contribution in [3.05, 3.63) is 29.6 Å². The minimum atomic E-state index is -5.80. The normalized spacial score (nSPS) is 14.4. The standard InChI is InChI=1S/C10H9F6NO/c1-18-7-3-2-5(4-6(7)11)8(17)9(12,13)10(14,15)16/h2-4,8H,17H2,1H3. The molecule has 0 bridgehead atoms. The number of alkyl halides is 5. The van der Waals surface area contributed by atoms with E-state index in [4.69, 9.17) is 5.73 Å². The number of methoxy groups -OCH3 is 1. The van der Waals surface area contributed by atoms with Crippen molar-refractivity contribution in [1.29, 1.82) is 0 Å². The van der Waals surface area contributed by atoms with Gasteiger partial charge in [0.1, 0.15) is 6.04 Å². The van der Waals surface area contributed by atoms with E-state index >= 15 is 0 Å². The Bertz CT molecular complexity index is 431. The number of ether oxygens (including phenoxy) is 1. The number of hydrogen-bond acceptors (Lipinski definition) is 2. The Morgan fingerprint density at radius 1 is 1.17 bits per heavy atom. The van der Waals surface area contributed by atoms with Gasteiger partial charge in [0.25, 0.3) is 0 Å². The van der Waals surface area contributed by atoms with E-state index in [0.717, 1.165) is 19.2 Å². The highest BCUT2D eigenvalue weighted by molar-refractivity contribution is 5.32. The lowest BCUT2D eigenvalue weighted by atomic mass is 10.0. The third-order valence-corrected chi connectivity index (χ3v) is 2.30. The van der Waals surface area contributed by atoms with Gasteiger partial charge in [-0.2, -0.15) is 22.0 Å². The van der Waals surface area contributed by atoms with E-state index in [9.17, 15) is 26.3 Å². The summed E-state index contributed by atoms with van der Waals surface area (Å²) in [5.41, 5.74) is 4.17. The summed E-state index contributed by atoms with van der Waals surface area (Å²) in [6.07, 6.45) is -5.80. The summed E-state index contributed by atoms with van der Waals surface area (Å²) >= 11 is 0. The van der Waals surface area contributed by atoms with Crippen LogP contribution < -0.4 is 10.5 Å². The lowest BCUT2D eigenvalue weighted by Gasteiger charge is -2.26. The maximum Gasteiger partial charge on any atom is 0.455 e. The molecule has 2 N–H and O–H groups in total. The van der Waals surface area contributed by atoms with Gasteiger partial charge in [-0.05, 0) is 17.7 Å². The molecule has 102 valence electrons. The van der Waals surface area contributed by atoms with E-state index in [1.165, 1.54) is 0 Å². The molecule has 0 amide bonds. The second-order valence-electron chi connectivity index (χ2n) is 3.49. The summed E-state index contributed by atoms with van der Waals surface area (Å²) < 4.78 is 79.7. The van der Waals surface area contributed by atoms with Crippen LogP contribution in [0.4, 0.5) is 26.3 Å². The molecular formula is C10H9F6NO. The molecule has 18 heavy (non-hydrogen) atoms. The topological polar surface area (TPSA) is 35.2 Å². The molecule has 1 aromatic carbocycles. The van der Waals surface area contributed by atoms with Crippen LogP contribution in [-0.2, 0) is 0 Å². The summed E-state index contributed by atoms with van der Waals surface area (Å²) in [6, 6.07) is -0.412. The van der Waals surface area contributed by atoms with Gasteiger partial charge in [0.2, 0.25) is 0 Å². The van der Waals surface area contributed by atoms with Crippen molar-refractivity contribution in [2.45, 2.75) is 18.1 Å². The molecule has 8 heteroatoms. The number of halogens is 6. The largest absolute Gasteiger partial charge is 0.494 e. The number of rotatable bonds is 3. The van der Waals surface area contributed by atoms with Crippen LogP contribution in [0.2, 0.25) is 0 Å². The van der Waals surface area contributed by atoms with Crippen molar-refractivity contribution in [2.24, 2.45) is 5.73 Å². The van der Waals surface area contributed by atoms with Crippen LogP contribution in [0.5, 0.6) is 5.75 Å². The first-order valence-electron chi connectivity index (χ1n) is 4.64. The zero-order valence-electron chi connectivity index (χ0n) is 9.06. The van der Waals surface area contributed by atoms with Crippen LogP contribution in [0.1, 0.15) is 11.6 Å². The number of hydrogen-bond donors (Lipinski definition) is 1. The van der Waals surface area contributed by atoms with Gasteiger partial charge in [-0.1, -0.05) is 6.07 Å². The van der Waals surface area contributed by atoms with Crippen molar-refractivity contribution in [2.75, 3.05) is 7.11 Å². The van der Waals surface area contributed by atoms with E-state index < -0.39 is 29.5 Å². The molecule has 1 unspecified atom stereocenters. The lowest BCUT2D eigenvalue weighted by molar-refractivity contribution is -0.291. The first-order chi connectivity index (χ1) is 8.11. The van der Waals surface area contributed by atoms with Crippen molar-refractivity contribution in [3.63, 3.8) is 0 Å². The van der Waals surface area contributed by atoms with Gasteiger partial charge in [0.05, 0.1) is 7.11 Å². The minimum absolute atomic E-state index is 0.277. The molecule has 0 spiro atoms. The maximum absolute atomic E-state index is 13.2. The number of benzene rings is 1. The molecule has 0 fully saturated rings.